The molecule has 0 amide bonds. The average Bonchev–Trinajstić information content (AvgIpc) is 2.85. The van der Waals surface area contributed by atoms with Crippen LogP contribution in [0.25, 0.3) is 0 Å². The molecule has 1 saturated carbocycles. The largest absolute Gasteiger partial charge is 0.481 e. The molecule has 1 aliphatic rings. The molecular formula is C10H11NO2. The van der Waals surface area contributed by atoms with Crippen LogP contribution in [0.4, 0.5) is 0 Å². The van der Waals surface area contributed by atoms with Gasteiger partial charge >= 0.3 is 5.97 Å². The second kappa shape index (κ2) is 3.17. The lowest BCUT2D eigenvalue weighted by molar-refractivity contribution is -0.136. The highest BCUT2D eigenvalue weighted by Gasteiger charge is 2.23. The lowest BCUT2D eigenvalue weighted by Crippen LogP contribution is -2.00. The quantitative estimate of drug-likeness (QED) is 0.762. The highest BCUT2D eigenvalue weighted by Crippen LogP contribution is 2.39. The van der Waals surface area contributed by atoms with Crippen LogP contribution in [0.5, 0.6) is 0 Å². The molecule has 0 unspecified atom stereocenters. The van der Waals surface area contributed by atoms with Crippen LogP contribution in [0.1, 0.15) is 29.9 Å². The van der Waals surface area contributed by atoms with Gasteiger partial charge in [0.15, 0.2) is 0 Å². The Labute approximate surface area is 76.4 Å². The van der Waals surface area contributed by atoms with Gasteiger partial charge in [-0.25, -0.2) is 0 Å². The van der Waals surface area contributed by atoms with Crippen molar-refractivity contribution in [2.45, 2.75) is 25.2 Å². The molecule has 1 aliphatic carbocycles. The maximum atomic E-state index is 10.4. The number of nitrogens with zero attached hydrogens (tertiary/aromatic N) is 1. The molecule has 1 aromatic heterocycles. The van der Waals surface area contributed by atoms with Gasteiger partial charge in [-0.05, 0) is 29.9 Å². The molecule has 0 saturated heterocycles. The molecule has 1 fully saturated rings. The van der Waals surface area contributed by atoms with Crippen LogP contribution >= 0.6 is 0 Å². The van der Waals surface area contributed by atoms with Gasteiger partial charge in [-0.1, -0.05) is 6.07 Å². The van der Waals surface area contributed by atoms with Gasteiger partial charge in [-0.15, -0.1) is 0 Å². The van der Waals surface area contributed by atoms with E-state index < -0.39 is 5.97 Å². The van der Waals surface area contributed by atoms with Crippen LogP contribution in [-0.4, -0.2) is 16.1 Å². The Hall–Kier alpha value is -1.38. The summed E-state index contributed by atoms with van der Waals surface area (Å²) in [6.07, 6.45) is 5.98. The highest BCUT2D eigenvalue weighted by molar-refractivity contribution is 5.70. The molecule has 0 bridgehead atoms. The molecule has 3 heteroatoms. The second-order valence-electron chi connectivity index (χ2n) is 3.47. The van der Waals surface area contributed by atoms with Crippen LogP contribution in [0, 0.1) is 0 Å². The summed E-state index contributed by atoms with van der Waals surface area (Å²) in [4.78, 5) is 14.5. The van der Waals surface area contributed by atoms with Crippen molar-refractivity contribution in [2.24, 2.45) is 0 Å². The number of carboxylic acid groups (broad SMARTS) is 1. The van der Waals surface area contributed by atoms with Gasteiger partial charge in [0.1, 0.15) is 0 Å². The fourth-order valence-electron chi connectivity index (χ4n) is 1.42. The van der Waals surface area contributed by atoms with E-state index in [9.17, 15) is 4.79 Å². The van der Waals surface area contributed by atoms with E-state index in [0.29, 0.717) is 5.92 Å². The Morgan fingerprint density at radius 2 is 2.31 bits per heavy atom. The van der Waals surface area contributed by atoms with Crippen LogP contribution in [0.3, 0.4) is 0 Å². The van der Waals surface area contributed by atoms with E-state index in [1.165, 1.54) is 18.4 Å². The minimum absolute atomic E-state index is 0.0769. The number of aromatic nitrogens is 1. The van der Waals surface area contributed by atoms with Crippen molar-refractivity contribution in [3.8, 4) is 0 Å². The predicted molar refractivity (Wildman–Crippen MR) is 47.6 cm³/mol. The third-order valence-electron chi connectivity index (χ3n) is 2.22. The van der Waals surface area contributed by atoms with Crippen LogP contribution < -0.4 is 0 Å². The fourth-order valence-corrected chi connectivity index (χ4v) is 1.42. The molecule has 0 atom stereocenters. The van der Waals surface area contributed by atoms with Crippen molar-refractivity contribution in [2.75, 3.05) is 0 Å². The standard InChI is InChI=1S/C10H11NO2/c12-10(13)4-7-3-9(6-11-5-7)8-1-2-8/h3,5-6,8H,1-2,4H2,(H,12,13). The number of pyridine rings is 1. The lowest BCUT2D eigenvalue weighted by Gasteiger charge is -2.00. The van der Waals surface area contributed by atoms with Crippen molar-refractivity contribution < 1.29 is 9.90 Å². The zero-order valence-electron chi connectivity index (χ0n) is 7.23. The van der Waals surface area contributed by atoms with Gasteiger partial charge in [0.25, 0.3) is 0 Å². The second-order valence-corrected chi connectivity index (χ2v) is 3.47. The maximum absolute atomic E-state index is 10.4. The highest BCUT2D eigenvalue weighted by atomic mass is 16.4. The Morgan fingerprint density at radius 1 is 1.54 bits per heavy atom. The molecule has 1 N–H and O–H groups in total. The van der Waals surface area contributed by atoms with E-state index in [0.717, 1.165) is 5.56 Å². The molecular weight excluding hydrogens is 166 g/mol. The van der Waals surface area contributed by atoms with Crippen LogP contribution in [0.15, 0.2) is 18.5 Å². The van der Waals surface area contributed by atoms with Gasteiger partial charge in [0.05, 0.1) is 6.42 Å². The van der Waals surface area contributed by atoms with Gasteiger partial charge in [-0.3, -0.25) is 9.78 Å². The average molecular weight is 177 g/mol. The smallest absolute Gasteiger partial charge is 0.307 e. The normalized spacial score (nSPS) is 15.7. The van der Waals surface area contributed by atoms with Crippen molar-refractivity contribution in [3.05, 3.63) is 29.6 Å². The van der Waals surface area contributed by atoms with Gasteiger partial charge in [0, 0.05) is 12.4 Å². The minimum atomic E-state index is -0.797. The van der Waals surface area contributed by atoms with Gasteiger partial charge in [-0.2, -0.15) is 0 Å². The van der Waals surface area contributed by atoms with E-state index >= 15 is 0 Å². The number of aliphatic carboxylic acids is 1. The molecule has 0 aliphatic heterocycles. The molecule has 68 valence electrons. The number of carbonyl (C=O) groups is 1. The number of rotatable bonds is 3. The molecule has 3 nitrogen and oxygen atoms in total. The van der Waals surface area contributed by atoms with Gasteiger partial charge < -0.3 is 5.11 Å². The van der Waals surface area contributed by atoms with Crippen molar-refractivity contribution >= 4 is 5.97 Å². The molecule has 2 rings (SSSR count). The van der Waals surface area contributed by atoms with E-state index in [4.69, 9.17) is 5.11 Å². The molecule has 13 heavy (non-hydrogen) atoms. The van der Waals surface area contributed by atoms with E-state index in [1.807, 2.05) is 12.3 Å². The minimum Gasteiger partial charge on any atom is -0.481 e. The summed E-state index contributed by atoms with van der Waals surface area (Å²) in [6, 6.07) is 1.96. The van der Waals surface area contributed by atoms with Crippen molar-refractivity contribution in [1.82, 2.24) is 4.98 Å². The summed E-state index contributed by atoms with van der Waals surface area (Å²) in [6.45, 7) is 0. The first-order valence-corrected chi connectivity index (χ1v) is 4.41. The van der Waals surface area contributed by atoms with Crippen molar-refractivity contribution in [3.63, 3.8) is 0 Å². The number of hydrogen-bond donors (Lipinski definition) is 1. The Bertz CT molecular complexity index is 331. The Kier molecular flexibility index (Phi) is 2.00. The summed E-state index contributed by atoms with van der Waals surface area (Å²) in [7, 11) is 0. The summed E-state index contributed by atoms with van der Waals surface area (Å²) < 4.78 is 0. The summed E-state index contributed by atoms with van der Waals surface area (Å²) in [5.41, 5.74) is 2.00. The third-order valence-corrected chi connectivity index (χ3v) is 2.22. The first-order valence-electron chi connectivity index (χ1n) is 4.41. The molecule has 0 aromatic carbocycles. The van der Waals surface area contributed by atoms with E-state index in [2.05, 4.69) is 4.98 Å². The zero-order chi connectivity index (χ0) is 9.26. The van der Waals surface area contributed by atoms with Gasteiger partial charge in [0.2, 0.25) is 0 Å². The van der Waals surface area contributed by atoms with E-state index in [-0.39, 0.29) is 6.42 Å². The topological polar surface area (TPSA) is 50.2 Å². The first kappa shape index (κ1) is 8.23. The Balaban J connectivity index is 2.16. The SMILES string of the molecule is O=C(O)Cc1cncc(C2CC2)c1. The zero-order valence-corrected chi connectivity index (χ0v) is 7.23. The molecule has 1 aromatic rings. The monoisotopic (exact) mass is 177 g/mol. The maximum Gasteiger partial charge on any atom is 0.307 e. The first-order chi connectivity index (χ1) is 6.25. The summed E-state index contributed by atoms with van der Waals surface area (Å²) in [5.74, 6) is -0.156. The third kappa shape index (κ3) is 2.05. The summed E-state index contributed by atoms with van der Waals surface area (Å²) in [5, 5.41) is 8.58. The molecule has 0 spiro atoms. The fraction of sp³-hybridized carbons (Fsp3) is 0.400. The lowest BCUT2D eigenvalue weighted by atomic mass is 10.1. The summed E-state index contributed by atoms with van der Waals surface area (Å²) >= 11 is 0. The Morgan fingerprint density at radius 3 is 2.92 bits per heavy atom. The van der Waals surface area contributed by atoms with E-state index in [1.54, 1.807) is 6.20 Å². The molecule has 1 heterocycles. The van der Waals surface area contributed by atoms with Crippen LogP contribution in [-0.2, 0) is 11.2 Å². The predicted octanol–water partition coefficient (Wildman–Crippen LogP) is 1.59. The number of hydrogen-bond acceptors (Lipinski definition) is 2. The van der Waals surface area contributed by atoms with Crippen LogP contribution in [0.2, 0.25) is 0 Å². The molecule has 0 radical (unpaired) electrons. The number of carboxylic acids is 1. The van der Waals surface area contributed by atoms with Crippen molar-refractivity contribution in [1.29, 1.82) is 0 Å².